The first-order chi connectivity index (χ1) is 9.60. The van der Waals surface area contributed by atoms with Crippen LogP contribution in [0, 0.1) is 29.6 Å². The van der Waals surface area contributed by atoms with Crippen LogP contribution in [-0.4, -0.2) is 38.4 Å². The maximum Gasteiger partial charge on any atom is 0.279 e. The molecule has 1 heterocycles. The van der Waals surface area contributed by atoms with Crippen LogP contribution in [0.3, 0.4) is 0 Å². The second-order valence-corrected chi connectivity index (χ2v) is 8.94. The Hall–Kier alpha value is -0.170. The maximum atomic E-state index is 12.5. The lowest BCUT2D eigenvalue weighted by molar-refractivity contribution is 0.267. The highest BCUT2D eigenvalue weighted by molar-refractivity contribution is 7.87. The second kappa shape index (κ2) is 4.66. The van der Waals surface area contributed by atoms with Crippen molar-refractivity contribution in [2.45, 2.75) is 38.1 Å². The first-order valence-electron chi connectivity index (χ1n) is 8.07. The van der Waals surface area contributed by atoms with E-state index in [9.17, 15) is 8.42 Å². The average molecular weight is 299 g/mol. The van der Waals surface area contributed by atoms with Crippen LogP contribution in [0.1, 0.15) is 32.1 Å². The minimum Gasteiger partial charge on any atom is -0.330 e. The van der Waals surface area contributed by atoms with Crippen molar-refractivity contribution in [1.29, 1.82) is 0 Å². The van der Waals surface area contributed by atoms with Crippen LogP contribution >= 0.6 is 0 Å². The predicted octanol–water partition coefficient (Wildman–Crippen LogP) is 0.536. The van der Waals surface area contributed by atoms with E-state index in [-0.39, 0.29) is 6.04 Å². The molecule has 5 unspecified atom stereocenters. The van der Waals surface area contributed by atoms with Crippen molar-refractivity contribution >= 4 is 10.2 Å². The van der Waals surface area contributed by atoms with Crippen molar-refractivity contribution < 1.29 is 8.42 Å². The predicted molar refractivity (Wildman–Crippen MR) is 77.0 cm³/mol. The molecule has 0 spiro atoms. The number of nitrogens with two attached hydrogens (primary N) is 1. The quantitative estimate of drug-likeness (QED) is 0.795. The number of hydrogen-bond acceptors (Lipinski definition) is 3. The summed E-state index contributed by atoms with van der Waals surface area (Å²) in [6, 6.07) is 0.240. The maximum absolute atomic E-state index is 12.5. The summed E-state index contributed by atoms with van der Waals surface area (Å²) in [7, 11) is -3.30. The molecule has 3 N–H and O–H groups in total. The van der Waals surface area contributed by atoms with E-state index in [1.54, 1.807) is 4.31 Å². The summed E-state index contributed by atoms with van der Waals surface area (Å²) in [6.07, 6.45) is 5.99. The van der Waals surface area contributed by atoms with Gasteiger partial charge < -0.3 is 5.73 Å². The third-order valence-electron chi connectivity index (χ3n) is 6.18. The zero-order valence-electron chi connectivity index (χ0n) is 11.9. The molecule has 0 amide bonds. The molecule has 1 saturated heterocycles. The van der Waals surface area contributed by atoms with E-state index < -0.39 is 10.2 Å². The van der Waals surface area contributed by atoms with Gasteiger partial charge in [-0.05, 0) is 68.2 Å². The highest BCUT2D eigenvalue weighted by Gasteiger charge is 2.66. The zero-order chi connectivity index (χ0) is 13.9. The highest BCUT2D eigenvalue weighted by Crippen LogP contribution is 2.65. The molecule has 114 valence electrons. The SMILES string of the molecule is NCC1CCCN(S(=O)(=O)NC2C3C4CCC(C4)C23)C1. The minimum atomic E-state index is -3.30. The fraction of sp³-hybridized carbons (Fsp3) is 1.00. The fourth-order valence-electron chi connectivity index (χ4n) is 5.17. The Morgan fingerprint density at radius 2 is 1.85 bits per heavy atom. The Morgan fingerprint density at radius 1 is 1.15 bits per heavy atom. The fourth-order valence-corrected chi connectivity index (χ4v) is 6.75. The number of fused-ring (bicyclic) bond motifs is 5. The van der Waals surface area contributed by atoms with Crippen molar-refractivity contribution in [3.8, 4) is 0 Å². The largest absolute Gasteiger partial charge is 0.330 e. The Morgan fingerprint density at radius 3 is 2.50 bits per heavy atom. The molecule has 20 heavy (non-hydrogen) atoms. The van der Waals surface area contributed by atoms with Crippen molar-refractivity contribution in [3.05, 3.63) is 0 Å². The Balaban J connectivity index is 1.41. The smallest absolute Gasteiger partial charge is 0.279 e. The van der Waals surface area contributed by atoms with Crippen LogP contribution in [-0.2, 0) is 10.2 Å². The molecule has 5 nitrogen and oxygen atoms in total. The molecular formula is C14H25N3O2S. The average Bonchev–Trinajstić information content (AvgIpc) is 2.86. The number of nitrogens with one attached hydrogen (secondary N) is 1. The van der Waals surface area contributed by atoms with E-state index in [4.69, 9.17) is 5.73 Å². The van der Waals surface area contributed by atoms with Crippen molar-refractivity contribution in [3.63, 3.8) is 0 Å². The van der Waals surface area contributed by atoms with E-state index >= 15 is 0 Å². The Bertz CT molecular complexity index is 479. The molecule has 4 rings (SSSR count). The molecule has 2 bridgehead atoms. The summed E-state index contributed by atoms with van der Waals surface area (Å²) in [5.41, 5.74) is 5.70. The van der Waals surface area contributed by atoms with Gasteiger partial charge in [-0.3, -0.25) is 0 Å². The van der Waals surface area contributed by atoms with Gasteiger partial charge >= 0.3 is 0 Å². The minimum absolute atomic E-state index is 0.240. The molecule has 0 aromatic carbocycles. The van der Waals surface area contributed by atoms with E-state index in [1.807, 2.05) is 0 Å². The van der Waals surface area contributed by atoms with Gasteiger partial charge in [0.2, 0.25) is 0 Å². The topological polar surface area (TPSA) is 75.4 Å². The molecule has 1 aliphatic heterocycles. The van der Waals surface area contributed by atoms with Gasteiger partial charge in [-0.1, -0.05) is 0 Å². The molecule has 0 radical (unpaired) electrons. The Labute approximate surface area is 121 Å². The van der Waals surface area contributed by atoms with Gasteiger partial charge in [0.1, 0.15) is 0 Å². The summed E-state index contributed by atoms with van der Waals surface area (Å²) in [5, 5.41) is 0. The zero-order valence-corrected chi connectivity index (χ0v) is 12.7. The van der Waals surface area contributed by atoms with Crippen LogP contribution in [0.5, 0.6) is 0 Å². The molecule has 5 atom stereocenters. The van der Waals surface area contributed by atoms with Crippen molar-refractivity contribution in [2.75, 3.05) is 19.6 Å². The number of piperidine rings is 1. The van der Waals surface area contributed by atoms with Gasteiger partial charge in [0, 0.05) is 19.1 Å². The van der Waals surface area contributed by atoms with E-state index in [1.165, 1.54) is 19.3 Å². The number of nitrogens with zero attached hydrogens (tertiary/aromatic N) is 1. The lowest BCUT2D eigenvalue weighted by Crippen LogP contribution is -2.48. The molecule has 3 saturated carbocycles. The second-order valence-electron chi connectivity index (χ2n) is 7.24. The highest BCUT2D eigenvalue weighted by atomic mass is 32.2. The van der Waals surface area contributed by atoms with Gasteiger partial charge in [0.25, 0.3) is 10.2 Å². The van der Waals surface area contributed by atoms with Gasteiger partial charge in [0.05, 0.1) is 0 Å². The Kier molecular flexibility index (Phi) is 3.15. The van der Waals surface area contributed by atoms with E-state index in [2.05, 4.69) is 4.72 Å². The standard InChI is InChI=1S/C14H25N3O2S/c15-7-9-2-1-5-17(8-9)20(18,19)16-14-12-10-3-4-11(6-10)13(12)14/h9-14,16H,1-8,15H2. The molecule has 4 fully saturated rings. The molecule has 0 aromatic rings. The van der Waals surface area contributed by atoms with Gasteiger partial charge in [0.15, 0.2) is 0 Å². The summed E-state index contributed by atoms with van der Waals surface area (Å²) in [4.78, 5) is 0. The summed E-state index contributed by atoms with van der Waals surface area (Å²) < 4.78 is 29.7. The van der Waals surface area contributed by atoms with Crippen LogP contribution in [0.15, 0.2) is 0 Å². The molecule has 0 aromatic heterocycles. The van der Waals surface area contributed by atoms with Gasteiger partial charge in [-0.25, -0.2) is 0 Å². The number of hydrogen-bond donors (Lipinski definition) is 2. The normalized spacial score (nSPS) is 47.5. The van der Waals surface area contributed by atoms with E-state index in [0.717, 1.165) is 24.7 Å². The summed E-state index contributed by atoms with van der Waals surface area (Å²) in [6.45, 7) is 1.84. The van der Waals surface area contributed by atoms with Crippen LogP contribution in [0.25, 0.3) is 0 Å². The van der Waals surface area contributed by atoms with E-state index in [0.29, 0.717) is 37.4 Å². The van der Waals surface area contributed by atoms with Crippen LogP contribution in [0.2, 0.25) is 0 Å². The third-order valence-corrected chi connectivity index (χ3v) is 7.76. The molecule has 4 aliphatic rings. The first-order valence-corrected chi connectivity index (χ1v) is 9.51. The van der Waals surface area contributed by atoms with Gasteiger partial charge in [-0.15, -0.1) is 0 Å². The molecular weight excluding hydrogens is 274 g/mol. The van der Waals surface area contributed by atoms with Crippen molar-refractivity contribution in [2.24, 2.45) is 35.3 Å². The molecule has 6 heteroatoms. The number of rotatable bonds is 4. The van der Waals surface area contributed by atoms with Crippen molar-refractivity contribution in [1.82, 2.24) is 9.03 Å². The van der Waals surface area contributed by atoms with Crippen LogP contribution < -0.4 is 10.5 Å². The molecule has 3 aliphatic carbocycles. The summed E-state index contributed by atoms with van der Waals surface area (Å²) in [5.74, 6) is 3.24. The lowest BCUT2D eigenvalue weighted by atomic mass is 10.0. The first kappa shape index (κ1) is 13.5. The summed E-state index contributed by atoms with van der Waals surface area (Å²) >= 11 is 0. The monoisotopic (exact) mass is 299 g/mol. The lowest BCUT2D eigenvalue weighted by Gasteiger charge is -2.31. The van der Waals surface area contributed by atoms with Gasteiger partial charge in [-0.2, -0.15) is 17.4 Å². The van der Waals surface area contributed by atoms with Crippen LogP contribution in [0.4, 0.5) is 0 Å². The third kappa shape index (κ3) is 2.03.